The van der Waals surface area contributed by atoms with Crippen LogP contribution in [0.5, 0.6) is 0 Å². The van der Waals surface area contributed by atoms with Crippen LogP contribution in [-0.2, 0) is 15.4 Å². The van der Waals surface area contributed by atoms with Crippen molar-refractivity contribution in [3.8, 4) is 0 Å². The molecule has 0 N–H and O–H groups in total. The number of sulfonamides is 1. The monoisotopic (exact) mass is 360 g/mol. The summed E-state index contributed by atoms with van der Waals surface area (Å²) >= 11 is 3.37. The molecule has 0 aliphatic carbocycles. The summed E-state index contributed by atoms with van der Waals surface area (Å²) in [5, 5.41) is 0.734. The van der Waals surface area contributed by atoms with Gasteiger partial charge in [0.05, 0.1) is 4.90 Å². The smallest absolute Gasteiger partial charge is 0.243 e. The fourth-order valence-corrected chi connectivity index (χ4v) is 4.63. The molecule has 1 aromatic rings. The number of hydrogen-bond donors (Lipinski definition) is 0. The summed E-state index contributed by atoms with van der Waals surface area (Å²) in [4.78, 5) is 2.58. The maximum Gasteiger partial charge on any atom is 0.243 e. The molecule has 1 aliphatic heterocycles. The highest BCUT2D eigenvalue weighted by Gasteiger charge is 2.31. The van der Waals surface area contributed by atoms with Gasteiger partial charge in [-0.3, -0.25) is 0 Å². The zero-order chi connectivity index (χ0) is 14.8. The molecule has 0 saturated carbocycles. The van der Waals surface area contributed by atoms with Gasteiger partial charge in [0, 0.05) is 24.5 Å². The van der Waals surface area contributed by atoms with E-state index >= 15 is 0 Å². The van der Waals surface area contributed by atoms with Crippen LogP contribution < -0.4 is 0 Å². The van der Waals surface area contributed by atoms with E-state index < -0.39 is 10.0 Å². The van der Waals surface area contributed by atoms with Crippen molar-refractivity contribution < 1.29 is 8.42 Å². The highest BCUT2D eigenvalue weighted by atomic mass is 79.9. The van der Waals surface area contributed by atoms with Gasteiger partial charge in [0.25, 0.3) is 0 Å². The summed E-state index contributed by atoms with van der Waals surface area (Å²) < 4.78 is 27.1. The van der Waals surface area contributed by atoms with Crippen molar-refractivity contribution in [3.63, 3.8) is 0 Å². The van der Waals surface area contributed by atoms with Crippen molar-refractivity contribution >= 4 is 26.0 Å². The van der Waals surface area contributed by atoms with Crippen LogP contribution in [0.25, 0.3) is 0 Å². The number of halogens is 1. The number of likely N-dealkylation sites (N-methyl/N-ethyl adjacent to an activating group) is 1. The summed E-state index contributed by atoms with van der Waals surface area (Å²) in [6.45, 7) is 4.29. The first kappa shape index (κ1) is 15.9. The van der Waals surface area contributed by atoms with Crippen LogP contribution in [0, 0.1) is 0 Å². The fraction of sp³-hybridized carbons (Fsp3) is 0.571. The maximum atomic E-state index is 12.8. The predicted molar refractivity (Wildman–Crippen MR) is 84.5 cm³/mol. The number of rotatable bonds is 3. The third-order valence-electron chi connectivity index (χ3n) is 3.67. The van der Waals surface area contributed by atoms with E-state index in [4.69, 9.17) is 0 Å². The van der Waals surface area contributed by atoms with Gasteiger partial charge in [-0.15, -0.1) is 0 Å². The molecule has 1 aliphatic rings. The molecule has 2 rings (SSSR count). The molecule has 1 aromatic carbocycles. The minimum Gasteiger partial charge on any atom is -0.305 e. The van der Waals surface area contributed by atoms with Gasteiger partial charge in [0.1, 0.15) is 0 Å². The standard InChI is InChI=1S/C14H21BrN2O2S/c1-12-11-16(2)8-3-9-17(12)20(18,19)14-6-4-13(10-15)5-7-14/h4-7,12H,3,8-11H2,1-2H3. The lowest BCUT2D eigenvalue weighted by Crippen LogP contribution is -2.41. The largest absolute Gasteiger partial charge is 0.305 e. The molecular formula is C14H21BrN2O2S. The van der Waals surface area contributed by atoms with Crippen molar-refractivity contribution in [2.45, 2.75) is 29.6 Å². The SMILES string of the molecule is CC1CN(C)CCCN1S(=O)(=O)c1ccc(CBr)cc1. The summed E-state index contributed by atoms with van der Waals surface area (Å²) in [6, 6.07) is 7.12. The zero-order valence-corrected chi connectivity index (χ0v) is 14.3. The van der Waals surface area contributed by atoms with Gasteiger partial charge in [0.15, 0.2) is 0 Å². The van der Waals surface area contributed by atoms with Crippen LogP contribution in [0.3, 0.4) is 0 Å². The Morgan fingerprint density at radius 1 is 1.25 bits per heavy atom. The molecule has 1 unspecified atom stereocenters. The number of alkyl halides is 1. The molecule has 1 heterocycles. The normalized spacial score (nSPS) is 22.6. The highest BCUT2D eigenvalue weighted by molar-refractivity contribution is 9.08. The molecule has 0 radical (unpaired) electrons. The molecule has 6 heteroatoms. The zero-order valence-electron chi connectivity index (χ0n) is 11.9. The Labute approximate surface area is 129 Å². The Hall–Kier alpha value is -0.430. The molecule has 1 atom stereocenters. The van der Waals surface area contributed by atoms with E-state index in [1.54, 1.807) is 16.4 Å². The summed E-state index contributed by atoms with van der Waals surface area (Å²) in [5.41, 5.74) is 1.08. The quantitative estimate of drug-likeness (QED) is 0.776. The average molecular weight is 361 g/mol. The second kappa shape index (κ2) is 6.56. The minimum atomic E-state index is -3.39. The maximum absolute atomic E-state index is 12.8. The lowest BCUT2D eigenvalue weighted by molar-refractivity contribution is 0.290. The van der Waals surface area contributed by atoms with Gasteiger partial charge in [-0.1, -0.05) is 28.1 Å². The third kappa shape index (κ3) is 3.42. The topological polar surface area (TPSA) is 40.6 Å². The Bertz CT molecular complexity index is 545. The Balaban J connectivity index is 2.28. The van der Waals surface area contributed by atoms with Crippen LogP contribution in [0.1, 0.15) is 18.9 Å². The number of benzene rings is 1. The van der Waals surface area contributed by atoms with E-state index in [9.17, 15) is 8.42 Å². The first-order valence-electron chi connectivity index (χ1n) is 6.80. The van der Waals surface area contributed by atoms with Crippen LogP contribution >= 0.6 is 15.9 Å². The molecule has 1 fully saturated rings. The van der Waals surface area contributed by atoms with Crippen molar-refractivity contribution in [2.75, 3.05) is 26.7 Å². The van der Waals surface area contributed by atoms with E-state index in [1.165, 1.54) is 0 Å². The Morgan fingerprint density at radius 3 is 2.50 bits per heavy atom. The predicted octanol–water partition coefficient (Wildman–Crippen LogP) is 2.30. The lowest BCUT2D eigenvalue weighted by atomic mass is 10.2. The molecule has 1 saturated heterocycles. The lowest BCUT2D eigenvalue weighted by Gasteiger charge is -2.27. The summed E-state index contributed by atoms with van der Waals surface area (Å²) in [5.74, 6) is 0. The van der Waals surface area contributed by atoms with Gasteiger partial charge in [-0.05, 0) is 44.6 Å². The Morgan fingerprint density at radius 2 is 1.90 bits per heavy atom. The third-order valence-corrected chi connectivity index (χ3v) is 6.35. The first-order chi connectivity index (χ1) is 9.45. The van der Waals surface area contributed by atoms with E-state index in [2.05, 4.69) is 20.8 Å². The molecule has 0 amide bonds. The molecule has 0 spiro atoms. The van der Waals surface area contributed by atoms with Gasteiger partial charge in [0.2, 0.25) is 10.0 Å². The van der Waals surface area contributed by atoms with E-state index in [0.29, 0.717) is 11.4 Å². The first-order valence-corrected chi connectivity index (χ1v) is 9.36. The number of hydrogen-bond acceptors (Lipinski definition) is 3. The molecule has 20 heavy (non-hydrogen) atoms. The van der Waals surface area contributed by atoms with Crippen LogP contribution in [0.2, 0.25) is 0 Å². The van der Waals surface area contributed by atoms with Crippen LogP contribution in [0.15, 0.2) is 29.2 Å². The van der Waals surface area contributed by atoms with Crippen molar-refractivity contribution in [2.24, 2.45) is 0 Å². The van der Waals surface area contributed by atoms with Crippen LogP contribution in [0.4, 0.5) is 0 Å². The summed E-state index contributed by atoms with van der Waals surface area (Å²) in [7, 11) is -1.35. The van der Waals surface area contributed by atoms with Crippen molar-refractivity contribution in [3.05, 3.63) is 29.8 Å². The van der Waals surface area contributed by atoms with Crippen molar-refractivity contribution in [1.29, 1.82) is 0 Å². The average Bonchev–Trinajstić information content (AvgIpc) is 2.59. The molecular weight excluding hydrogens is 340 g/mol. The van der Waals surface area contributed by atoms with E-state index in [1.807, 2.05) is 26.1 Å². The van der Waals surface area contributed by atoms with Gasteiger partial charge in [-0.25, -0.2) is 8.42 Å². The molecule has 0 bridgehead atoms. The number of nitrogens with zero attached hydrogens (tertiary/aromatic N) is 2. The minimum absolute atomic E-state index is 0.00310. The molecule has 0 aromatic heterocycles. The summed E-state index contributed by atoms with van der Waals surface area (Å²) in [6.07, 6.45) is 0.875. The van der Waals surface area contributed by atoms with Crippen LogP contribution in [-0.4, -0.2) is 50.3 Å². The fourth-order valence-electron chi connectivity index (χ4n) is 2.59. The second-order valence-corrected chi connectivity index (χ2v) is 7.81. The second-order valence-electron chi connectivity index (χ2n) is 5.36. The highest BCUT2D eigenvalue weighted by Crippen LogP contribution is 2.21. The van der Waals surface area contributed by atoms with Gasteiger partial charge >= 0.3 is 0 Å². The van der Waals surface area contributed by atoms with Crippen molar-refractivity contribution in [1.82, 2.24) is 9.21 Å². The van der Waals surface area contributed by atoms with E-state index in [0.717, 1.165) is 30.4 Å². The molecule has 112 valence electrons. The van der Waals surface area contributed by atoms with Gasteiger partial charge in [-0.2, -0.15) is 4.31 Å². The molecule has 4 nitrogen and oxygen atoms in total. The Kier molecular flexibility index (Phi) is 5.23. The van der Waals surface area contributed by atoms with Gasteiger partial charge < -0.3 is 4.90 Å². The van der Waals surface area contributed by atoms with E-state index in [-0.39, 0.29) is 6.04 Å².